The van der Waals surface area contributed by atoms with Crippen LogP contribution in [0, 0.1) is 0 Å². The quantitative estimate of drug-likeness (QED) is 0.750. The molecule has 0 saturated carbocycles. The van der Waals surface area contributed by atoms with Gasteiger partial charge in [-0.2, -0.15) is 13.2 Å². The zero-order valence-corrected chi connectivity index (χ0v) is 13.9. The number of carbonyl (C=O) groups excluding carboxylic acids is 1. The number of ether oxygens (including phenoxy) is 1. The van der Waals surface area contributed by atoms with Crippen LogP contribution in [0.3, 0.4) is 0 Å². The van der Waals surface area contributed by atoms with Crippen molar-refractivity contribution in [2.24, 2.45) is 0 Å². The smallest absolute Gasteiger partial charge is 0.417 e. The fourth-order valence-electron chi connectivity index (χ4n) is 1.65. The largest absolute Gasteiger partial charge is 0.444 e. The SMILES string of the molecule is CC(C)(C)OC(=O)NCCC=Cc1ccc(Cl)c(C(F)(F)F)c1. The minimum absolute atomic E-state index is 0.325. The molecule has 0 radical (unpaired) electrons. The lowest BCUT2D eigenvalue weighted by Gasteiger charge is -2.19. The molecule has 128 valence electrons. The number of benzene rings is 1. The number of rotatable bonds is 4. The highest BCUT2D eigenvalue weighted by Crippen LogP contribution is 2.35. The van der Waals surface area contributed by atoms with Crippen LogP contribution in [-0.4, -0.2) is 18.2 Å². The van der Waals surface area contributed by atoms with Gasteiger partial charge in [-0.25, -0.2) is 4.79 Å². The molecule has 1 aromatic rings. The topological polar surface area (TPSA) is 38.3 Å². The van der Waals surface area contributed by atoms with Crippen molar-refractivity contribution in [1.82, 2.24) is 5.32 Å². The normalized spacial score (nSPS) is 12.5. The molecule has 0 aliphatic carbocycles. The fraction of sp³-hybridized carbons (Fsp3) is 0.438. The second-order valence-electron chi connectivity index (χ2n) is 5.86. The van der Waals surface area contributed by atoms with E-state index < -0.39 is 23.4 Å². The first-order chi connectivity index (χ1) is 10.5. The molecule has 0 unspecified atom stereocenters. The average molecular weight is 350 g/mol. The van der Waals surface area contributed by atoms with Gasteiger partial charge in [0.25, 0.3) is 0 Å². The predicted octanol–water partition coefficient (Wildman–Crippen LogP) is 5.29. The third kappa shape index (κ3) is 7.41. The molecule has 0 heterocycles. The van der Waals surface area contributed by atoms with Crippen molar-refractivity contribution in [2.75, 3.05) is 6.54 Å². The maximum atomic E-state index is 12.7. The number of carbonyl (C=O) groups is 1. The average Bonchev–Trinajstić information content (AvgIpc) is 2.36. The van der Waals surface area contributed by atoms with Gasteiger partial charge in [0.2, 0.25) is 0 Å². The summed E-state index contributed by atoms with van der Waals surface area (Å²) in [5, 5.41) is 2.22. The van der Waals surface area contributed by atoms with Crippen LogP contribution >= 0.6 is 11.6 Å². The van der Waals surface area contributed by atoms with Gasteiger partial charge in [0.05, 0.1) is 10.6 Å². The summed E-state index contributed by atoms with van der Waals surface area (Å²) in [6.07, 6.45) is -1.34. The van der Waals surface area contributed by atoms with Crippen LogP contribution in [0.4, 0.5) is 18.0 Å². The van der Waals surface area contributed by atoms with E-state index >= 15 is 0 Å². The second kappa shape index (κ2) is 7.73. The van der Waals surface area contributed by atoms with Crippen LogP contribution in [0.2, 0.25) is 5.02 Å². The highest BCUT2D eigenvalue weighted by atomic mass is 35.5. The van der Waals surface area contributed by atoms with Gasteiger partial charge in [-0.3, -0.25) is 0 Å². The van der Waals surface area contributed by atoms with Crippen LogP contribution in [0.25, 0.3) is 6.08 Å². The van der Waals surface area contributed by atoms with E-state index in [9.17, 15) is 18.0 Å². The van der Waals surface area contributed by atoms with Crippen LogP contribution in [0.5, 0.6) is 0 Å². The van der Waals surface area contributed by atoms with Crippen LogP contribution in [0.1, 0.15) is 38.3 Å². The lowest BCUT2D eigenvalue weighted by atomic mass is 10.1. The summed E-state index contributed by atoms with van der Waals surface area (Å²) in [5.41, 5.74) is -1.05. The highest BCUT2D eigenvalue weighted by molar-refractivity contribution is 6.31. The van der Waals surface area contributed by atoms with Crippen molar-refractivity contribution in [1.29, 1.82) is 0 Å². The molecule has 1 aromatic carbocycles. The standard InChI is InChI=1S/C16H19ClF3NO2/c1-15(2,3)23-14(22)21-9-5-4-6-11-7-8-13(17)12(10-11)16(18,19)20/h4,6-8,10H,5,9H2,1-3H3,(H,21,22). The fourth-order valence-corrected chi connectivity index (χ4v) is 1.88. The van der Waals surface area contributed by atoms with Crippen molar-refractivity contribution >= 4 is 23.8 Å². The third-order valence-corrected chi connectivity index (χ3v) is 2.91. The molecule has 3 nitrogen and oxygen atoms in total. The molecule has 0 saturated heterocycles. The Morgan fingerprint density at radius 1 is 1.30 bits per heavy atom. The molecular formula is C16H19ClF3NO2. The number of alkyl halides is 3. The molecule has 0 aliphatic rings. The van der Waals surface area contributed by atoms with Gasteiger partial charge in [-0.1, -0.05) is 29.8 Å². The van der Waals surface area contributed by atoms with Crippen molar-refractivity contribution in [3.63, 3.8) is 0 Å². The van der Waals surface area contributed by atoms with E-state index in [2.05, 4.69) is 5.32 Å². The maximum Gasteiger partial charge on any atom is 0.417 e. The summed E-state index contributed by atoms with van der Waals surface area (Å²) in [4.78, 5) is 11.4. The van der Waals surface area contributed by atoms with Gasteiger partial charge in [-0.05, 0) is 44.9 Å². The molecule has 7 heteroatoms. The first-order valence-corrected chi connectivity index (χ1v) is 7.37. The van der Waals surface area contributed by atoms with Gasteiger partial charge in [0.15, 0.2) is 0 Å². The van der Waals surface area contributed by atoms with Gasteiger partial charge in [0, 0.05) is 6.54 Å². The summed E-state index contributed by atoms with van der Waals surface area (Å²) < 4.78 is 43.2. The first-order valence-electron chi connectivity index (χ1n) is 6.99. The molecule has 1 rings (SSSR count). The van der Waals surface area contributed by atoms with E-state index in [4.69, 9.17) is 16.3 Å². The number of alkyl carbamates (subject to hydrolysis) is 1. The van der Waals surface area contributed by atoms with E-state index in [1.54, 1.807) is 32.9 Å². The van der Waals surface area contributed by atoms with Gasteiger partial charge in [-0.15, -0.1) is 0 Å². The summed E-state index contributed by atoms with van der Waals surface area (Å²) in [6, 6.07) is 3.69. The van der Waals surface area contributed by atoms with Crippen molar-refractivity contribution in [2.45, 2.75) is 39.0 Å². The summed E-state index contributed by atoms with van der Waals surface area (Å²) >= 11 is 5.55. The highest BCUT2D eigenvalue weighted by Gasteiger charge is 2.33. The number of hydrogen-bond acceptors (Lipinski definition) is 2. The van der Waals surface area contributed by atoms with E-state index in [0.717, 1.165) is 6.07 Å². The third-order valence-electron chi connectivity index (χ3n) is 2.59. The summed E-state index contributed by atoms with van der Waals surface area (Å²) in [5.74, 6) is 0. The maximum absolute atomic E-state index is 12.7. The van der Waals surface area contributed by atoms with Crippen LogP contribution in [-0.2, 0) is 10.9 Å². The lowest BCUT2D eigenvalue weighted by Crippen LogP contribution is -2.32. The molecule has 1 amide bonds. The molecular weight excluding hydrogens is 331 g/mol. The zero-order valence-electron chi connectivity index (χ0n) is 13.1. The number of hydrogen-bond donors (Lipinski definition) is 1. The minimum Gasteiger partial charge on any atom is -0.444 e. The lowest BCUT2D eigenvalue weighted by molar-refractivity contribution is -0.137. The van der Waals surface area contributed by atoms with Crippen molar-refractivity contribution in [3.05, 3.63) is 40.4 Å². The number of nitrogens with one attached hydrogen (secondary N) is 1. The van der Waals surface area contributed by atoms with Crippen LogP contribution < -0.4 is 5.32 Å². The monoisotopic (exact) mass is 349 g/mol. The Kier molecular flexibility index (Phi) is 6.50. The Morgan fingerprint density at radius 2 is 1.96 bits per heavy atom. The van der Waals surface area contributed by atoms with Crippen LogP contribution in [0.15, 0.2) is 24.3 Å². The van der Waals surface area contributed by atoms with Gasteiger partial charge in [0.1, 0.15) is 5.60 Å². The van der Waals surface area contributed by atoms with Gasteiger partial charge < -0.3 is 10.1 Å². The Morgan fingerprint density at radius 3 is 2.52 bits per heavy atom. The molecule has 1 N–H and O–H groups in total. The van der Waals surface area contributed by atoms with Crippen molar-refractivity contribution < 1.29 is 22.7 Å². The molecule has 23 heavy (non-hydrogen) atoms. The number of amides is 1. The van der Waals surface area contributed by atoms with Gasteiger partial charge >= 0.3 is 12.3 Å². The molecule has 0 spiro atoms. The molecule has 0 aliphatic heterocycles. The molecule has 0 fully saturated rings. The second-order valence-corrected chi connectivity index (χ2v) is 6.26. The molecule has 0 aromatic heterocycles. The predicted molar refractivity (Wildman–Crippen MR) is 84.3 cm³/mol. The van der Waals surface area contributed by atoms with E-state index in [1.807, 2.05) is 0 Å². The Balaban J connectivity index is 2.52. The minimum atomic E-state index is -4.49. The van der Waals surface area contributed by atoms with E-state index in [-0.39, 0.29) is 5.02 Å². The Hall–Kier alpha value is -1.69. The number of halogens is 4. The summed E-state index contributed by atoms with van der Waals surface area (Å²) in [6.45, 7) is 5.59. The van der Waals surface area contributed by atoms with E-state index in [0.29, 0.717) is 18.5 Å². The Bertz CT molecular complexity index is 578. The molecule has 0 atom stereocenters. The summed E-state index contributed by atoms with van der Waals surface area (Å²) in [7, 11) is 0. The van der Waals surface area contributed by atoms with Crippen molar-refractivity contribution in [3.8, 4) is 0 Å². The first kappa shape index (κ1) is 19.4. The Labute approximate surface area is 138 Å². The van der Waals surface area contributed by atoms with E-state index in [1.165, 1.54) is 12.1 Å². The zero-order chi connectivity index (χ0) is 17.7. The molecule has 0 bridgehead atoms.